The second kappa shape index (κ2) is 5.41. The topological polar surface area (TPSA) is 39.2 Å². The summed E-state index contributed by atoms with van der Waals surface area (Å²) >= 11 is 5.67. The molecule has 0 unspecified atom stereocenters. The van der Waals surface area contributed by atoms with Gasteiger partial charge in [-0.05, 0) is 26.0 Å². The number of ketones is 1. The third kappa shape index (κ3) is 5.19. The molecule has 100 valence electrons. The predicted molar refractivity (Wildman–Crippen MR) is 77.1 cm³/mol. The normalized spacial score (nSPS) is 17.1. The average Bonchev–Trinajstić information content (AvgIpc) is 2.12. The Kier molecular flexibility index (Phi) is 4.56. The molecule has 5 heteroatoms. The maximum absolute atomic E-state index is 11.6. The number of Topliss-reactive ketones (excluding diaryl/α,β-unsaturated/α-hetero) is 1. The quantitative estimate of drug-likeness (QED) is 0.536. The minimum atomic E-state index is -1.14. The van der Waals surface area contributed by atoms with Gasteiger partial charge in [-0.15, -0.1) is 0 Å². The van der Waals surface area contributed by atoms with Crippen LogP contribution < -0.4 is 4.74 Å². The Bertz CT molecular complexity index is 435. The fourth-order valence-corrected chi connectivity index (χ4v) is 1.46. The zero-order valence-corrected chi connectivity index (χ0v) is 13.3. The van der Waals surface area contributed by atoms with Crippen LogP contribution in [0.1, 0.15) is 30.6 Å². The van der Waals surface area contributed by atoms with E-state index in [9.17, 15) is 4.79 Å². The smallest absolute Gasteiger partial charge is 0.224 e. The van der Waals surface area contributed by atoms with Gasteiger partial charge in [0.05, 0.1) is 12.0 Å². The Morgan fingerprint density at radius 1 is 1.39 bits per heavy atom. The maximum Gasteiger partial charge on any atom is 0.224 e. The first-order valence-electron chi connectivity index (χ1n) is 5.95. The minimum Gasteiger partial charge on any atom is -0.471 e. The highest BCUT2D eigenvalue weighted by atomic mass is 35.6. The molecule has 1 aromatic heterocycles. The molecule has 3 nitrogen and oxygen atoms in total. The van der Waals surface area contributed by atoms with Gasteiger partial charge in [-0.25, -0.2) is 4.98 Å². The first kappa shape index (κ1) is 15.2. The van der Waals surface area contributed by atoms with Gasteiger partial charge < -0.3 is 4.74 Å². The number of nitrogens with zero attached hydrogens (tertiary/aromatic N) is 1. The fourth-order valence-electron chi connectivity index (χ4n) is 1.46. The number of carbonyl (C=O) groups is 1. The van der Waals surface area contributed by atoms with E-state index in [4.69, 9.17) is 15.8 Å². The molecule has 0 radical (unpaired) electrons. The Labute approximate surface area is 114 Å². The SMILES string of the molecule is CC1(C)CC(=O)c2cccnc2O1.C[Si](C)(C)Cl. The van der Waals surface area contributed by atoms with Gasteiger partial charge >= 0.3 is 0 Å². The molecule has 0 N–H and O–H groups in total. The van der Waals surface area contributed by atoms with Gasteiger partial charge in [0, 0.05) is 6.20 Å². The highest BCUT2D eigenvalue weighted by Crippen LogP contribution is 2.30. The van der Waals surface area contributed by atoms with E-state index >= 15 is 0 Å². The highest BCUT2D eigenvalue weighted by Gasteiger charge is 2.32. The molecular formula is C13H20ClNO2Si. The van der Waals surface area contributed by atoms with E-state index in [1.807, 2.05) is 13.8 Å². The zero-order valence-electron chi connectivity index (χ0n) is 11.6. The van der Waals surface area contributed by atoms with Crippen LogP contribution in [-0.4, -0.2) is 23.8 Å². The van der Waals surface area contributed by atoms with Crippen molar-refractivity contribution >= 4 is 24.2 Å². The fraction of sp³-hybridized carbons (Fsp3) is 0.538. The van der Waals surface area contributed by atoms with Crippen molar-refractivity contribution in [2.45, 2.75) is 45.5 Å². The molecule has 2 heterocycles. The Balaban J connectivity index is 0.000000280. The molecule has 1 aliphatic heterocycles. The largest absolute Gasteiger partial charge is 0.471 e. The van der Waals surface area contributed by atoms with Crippen molar-refractivity contribution in [1.82, 2.24) is 4.98 Å². The molecule has 0 aliphatic carbocycles. The van der Waals surface area contributed by atoms with Crippen molar-refractivity contribution in [2.24, 2.45) is 0 Å². The van der Waals surface area contributed by atoms with Crippen molar-refractivity contribution in [2.75, 3.05) is 0 Å². The van der Waals surface area contributed by atoms with E-state index in [2.05, 4.69) is 24.6 Å². The molecule has 0 spiro atoms. The summed E-state index contributed by atoms with van der Waals surface area (Å²) in [4.78, 5) is 15.6. The van der Waals surface area contributed by atoms with Crippen LogP contribution in [0.5, 0.6) is 5.88 Å². The Hall–Kier alpha value is -0.873. The molecule has 0 fully saturated rings. The number of hydrogen-bond acceptors (Lipinski definition) is 3. The third-order valence-corrected chi connectivity index (χ3v) is 2.03. The second-order valence-electron chi connectivity index (χ2n) is 5.88. The molecule has 0 saturated carbocycles. The van der Waals surface area contributed by atoms with Crippen LogP contribution in [0.2, 0.25) is 19.6 Å². The summed E-state index contributed by atoms with van der Waals surface area (Å²) in [5.41, 5.74) is 0.181. The lowest BCUT2D eigenvalue weighted by Crippen LogP contribution is -2.36. The van der Waals surface area contributed by atoms with Crippen molar-refractivity contribution in [3.63, 3.8) is 0 Å². The molecule has 2 rings (SSSR count). The van der Waals surface area contributed by atoms with E-state index in [-0.39, 0.29) is 5.78 Å². The summed E-state index contributed by atoms with van der Waals surface area (Å²) in [6.45, 7) is 10.1. The van der Waals surface area contributed by atoms with Gasteiger partial charge in [0.25, 0.3) is 0 Å². The summed E-state index contributed by atoms with van der Waals surface area (Å²) in [7, 11) is -1.14. The van der Waals surface area contributed by atoms with Gasteiger partial charge in [-0.2, -0.15) is 11.1 Å². The molecule has 0 bridgehead atoms. The average molecular weight is 286 g/mol. The molecule has 0 amide bonds. The summed E-state index contributed by atoms with van der Waals surface area (Å²) < 4.78 is 5.56. The van der Waals surface area contributed by atoms with E-state index in [0.29, 0.717) is 17.9 Å². The number of aromatic nitrogens is 1. The van der Waals surface area contributed by atoms with Crippen LogP contribution in [0, 0.1) is 0 Å². The van der Waals surface area contributed by atoms with Crippen LogP contribution in [0.3, 0.4) is 0 Å². The molecule has 0 aromatic carbocycles. The van der Waals surface area contributed by atoms with E-state index < -0.39 is 13.0 Å². The molecule has 18 heavy (non-hydrogen) atoms. The zero-order chi connectivity index (χ0) is 14.0. The Morgan fingerprint density at radius 2 is 1.94 bits per heavy atom. The summed E-state index contributed by atoms with van der Waals surface area (Å²) in [5.74, 6) is 0.572. The van der Waals surface area contributed by atoms with Gasteiger partial charge in [0.2, 0.25) is 5.88 Å². The standard InChI is InChI=1S/C10H11NO2.C3H9ClSi/c1-10(2)6-8(12)7-4-3-5-11-9(7)13-10;1-5(2,3)4/h3-5H,6H2,1-2H3;1-3H3. The van der Waals surface area contributed by atoms with Gasteiger partial charge in [0.1, 0.15) is 13.0 Å². The van der Waals surface area contributed by atoms with Crippen LogP contribution in [0.15, 0.2) is 18.3 Å². The van der Waals surface area contributed by atoms with Crippen molar-refractivity contribution < 1.29 is 9.53 Å². The third-order valence-electron chi connectivity index (χ3n) is 2.03. The number of carbonyl (C=O) groups excluding carboxylic acids is 1. The van der Waals surface area contributed by atoms with Gasteiger partial charge in [0.15, 0.2) is 5.78 Å². The lowest BCUT2D eigenvalue weighted by Gasteiger charge is -2.30. The van der Waals surface area contributed by atoms with E-state index in [0.717, 1.165) is 0 Å². The Morgan fingerprint density at radius 3 is 2.50 bits per heavy atom. The molecule has 1 aromatic rings. The monoisotopic (exact) mass is 285 g/mol. The maximum atomic E-state index is 11.6. The number of hydrogen-bond donors (Lipinski definition) is 0. The second-order valence-corrected chi connectivity index (χ2v) is 13.4. The first-order valence-corrected chi connectivity index (χ1v) is 10.5. The minimum absolute atomic E-state index is 0.111. The summed E-state index contributed by atoms with van der Waals surface area (Å²) in [5, 5.41) is 0. The number of fused-ring (bicyclic) bond motifs is 1. The van der Waals surface area contributed by atoms with E-state index in [1.54, 1.807) is 18.3 Å². The number of ether oxygens (including phenoxy) is 1. The molecular weight excluding hydrogens is 266 g/mol. The van der Waals surface area contributed by atoms with Crippen LogP contribution in [0.4, 0.5) is 0 Å². The molecule has 1 aliphatic rings. The van der Waals surface area contributed by atoms with Crippen molar-refractivity contribution in [3.05, 3.63) is 23.9 Å². The number of halogens is 1. The van der Waals surface area contributed by atoms with Crippen molar-refractivity contribution in [3.8, 4) is 5.88 Å². The van der Waals surface area contributed by atoms with Crippen LogP contribution in [0.25, 0.3) is 0 Å². The number of rotatable bonds is 0. The lowest BCUT2D eigenvalue weighted by atomic mass is 9.95. The highest BCUT2D eigenvalue weighted by molar-refractivity contribution is 7.18. The van der Waals surface area contributed by atoms with Crippen molar-refractivity contribution in [1.29, 1.82) is 0 Å². The summed E-state index contributed by atoms with van der Waals surface area (Å²) in [6.07, 6.45) is 2.05. The lowest BCUT2D eigenvalue weighted by molar-refractivity contribution is 0.0590. The number of pyridine rings is 1. The molecule has 0 atom stereocenters. The summed E-state index contributed by atoms with van der Waals surface area (Å²) in [6, 6.07) is 3.50. The first-order chi connectivity index (χ1) is 8.08. The van der Waals surface area contributed by atoms with Gasteiger partial charge in [-0.3, -0.25) is 4.79 Å². The van der Waals surface area contributed by atoms with Gasteiger partial charge in [-0.1, -0.05) is 19.6 Å². The van der Waals surface area contributed by atoms with Crippen LogP contribution >= 0.6 is 11.1 Å². The van der Waals surface area contributed by atoms with E-state index in [1.165, 1.54) is 0 Å². The van der Waals surface area contributed by atoms with Crippen LogP contribution in [-0.2, 0) is 0 Å². The predicted octanol–water partition coefficient (Wildman–Crippen LogP) is 3.89. The molecule has 0 saturated heterocycles.